The Hall–Kier alpha value is -2.57. The van der Waals surface area contributed by atoms with Crippen molar-refractivity contribution < 1.29 is 19.4 Å². The van der Waals surface area contributed by atoms with Crippen LogP contribution in [0.4, 0.5) is 0 Å². The first kappa shape index (κ1) is 18.8. The van der Waals surface area contributed by atoms with Gasteiger partial charge in [-0.25, -0.2) is 10.2 Å². The van der Waals surface area contributed by atoms with Gasteiger partial charge in [-0.05, 0) is 37.3 Å². The molecule has 0 atom stereocenters. The maximum Gasteiger partial charge on any atom is 0.341 e. The lowest BCUT2D eigenvalue weighted by atomic mass is 10.1. The van der Waals surface area contributed by atoms with Crippen LogP contribution in [0.1, 0.15) is 22.8 Å². The Labute approximate surface area is 154 Å². The Morgan fingerprint density at radius 3 is 2.68 bits per heavy atom. The molecule has 0 spiro atoms. The van der Waals surface area contributed by atoms with Crippen LogP contribution in [0.5, 0.6) is 5.75 Å². The molecule has 2 aromatic carbocycles. The fourth-order valence-corrected chi connectivity index (χ4v) is 2.26. The molecule has 8 heteroatoms. The van der Waals surface area contributed by atoms with Gasteiger partial charge in [-0.1, -0.05) is 35.3 Å². The van der Waals surface area contributed by atoms with E-state index in [1.807, 2.05) is 0 Å². The van der Waals surface area contributed by atoms with E-state index in [1.54, 1.807) is 37.3 Å². The van der Waals surface area contributed by atoms with E-state index in [2.05, 4.69) is 10.5 Å². The average molecular weight is 381 g/mol. The summed E-state index contributed by atoms with van der Waals surface area (Å²) in [6, 6.07) is 11.3. The number of hydrogen-bond donors (Lipinski definition) is 2. The molecule has 6 nitrogen and oxygen atoms in total. The Kier molecular flexibility index (Phi) is 6.38. The lowest BCUT2D eigenvalue weighted by Crippen LogP contribution is -2.19. The predicted octanol–water partition coefficient (Wildman–Crippen LogP) is 3.61. The summed E-state index contributed by atoms with van der Waals surface area (Å²) in [6.07, 6.45) is 0. The van der Waals surface area contributed by atoms with Crippen molar-refractivity contribution in [2.45, 2.75) is 6.92 Å². The Morgan fingerprint density at radius 2 is 1.96 bits per heavy atom. The molecule has 0 unspecified atom stereocenters. The van der Waals surface area contributed by atoms with E-state index in [-0.39, 0.29) is 10.6 Å². The number of benzene rings is 2. The van der Waals surface area contributed by atoms with Crippen LogP contribution in [0.2, 0.25) is 10.0 Å². The van der Waals surface area contributed by atoms with Crippen molar-refractivity contribution >= 4 is 40.8 Å². The summed E-state index contributed by atoms with van der Waals surface area (Å²) in [4.78, 5) is 22.7. The van der Waals surface area contributed by atoms with Gasteiger partial charge in [0.25, 0.3) is 5.91 Å². The first-order valence-electron chi connectivity index (χ1n) is 7.11. The molecule has 2 rings (SSSR count). The molecule has 0 aliphatic rings. The second-order valence-electron chi connectivity index (χ2n) is 4.97. The molecule has 25 heavy (non-hydrogen) atoms. The van der Waals surface area contributed by atoms with E-state index in [9.17, 15) is 9.59 Å². The van der Waals surface area contributed by atoms with Gasteiger partial charge in [0.05, 0.1) is 16.3 Å². The van der Waals surface area contributed by atoms with Crippen molar-refractivity contribution in [3.63, 3.8) is 0 Å². The monoisotopic (exact) mass is 380 g/mol. The molecule has 2 aromatic rings. The smallest absolute Gasteiger partial charge is 0.341 e. The van der Waals surface area contributed by atoms with Crippen molar-refractivity contribution in [3.8, 4) is 5.75 Å². The average Bonchev–Trinajstić information content (AvgIpc) is 2.59. The minimum atomic E-state index is -1.07. The summed E-state index contributed by atoms with van der Waals surface area (Å²) in [5.74, 6) is -1.18. The lowest BCUT2D eigenvalue weighted by Gasteiger charge is -2.07. The van der Waals surface area contributed by atoms with Gasteiger partial charge in [0.2, 0.25) is 0 Å². The number of nitrogens with zero attached hydrogens (tertiary/aromatic N) is 1. The van der Waals surface area contributed by atoms with Gasteiger partial charge in [-0.2, -0.15) is 5.10 Å². The normalized spacial score (nSPS) is 11.1. The number of ether oxygens (including phenoxy) is 1. The number of carbonyl (C=O) groups is 2. The zero-order valence-electron chi connectivity index (χ0n) is 13.1. The number of carbonyl (C=O) groups excluding carboxylic acids is 1. The van der Waals surface area contributed by atoms with Crippen LogP contribution in [-0.4, -0.2) is 29.3 Å². The zero-order valence-corrected chi connectivity index (χ0v) is 14.6. The number of carboxylic acids is 1. The van der Waals surface area contributed by atoms with Crippen LogP contribution in [-0.2, 0) is 4.79 Å². The zero-order chi connectivity index (χ0) is 18.4. The molecule has 0 aromatic heterocycles. The maximum absolute atomic E-state index is 12.1. The summed E-state index contributed by atoms with van der Waals surface area (Å²) < 4.78 is 5.11. The van der Waals surface area contributed by atoms with E-state index in [0.29, 0.717) is 22.0 Å². The first-order chi connectivity index (χ1) is 11.9. The van der Waals surface area contributed by atoms with Crippen molar-refractivity contribution in [1.29, 1.82) is 0 Å². The first-order valence-corrected chi connectivity index (χ1v) is 7.87. The molecule has 1 amide bonds. The van der Waals surface area contributed by atoms with Crippen LogP contribution in [0.15, 0.2) is 47.6 Å². The summed E-state index contributed by atoms with van der Waals surface area (Å²) in [5, 5.41) is 13.3. The fourth-order valence-electron chi connectivity index (χ4n) is 1.89. The van der Waals surface area contributed by atoms with Gasteiger partial charge in [0, 0.05) is 10.6 Å². The highest BCUT2D eigenvalue weighted by Crippen LogP contribution is 2.20. The number of hydrazone groups is 1. The second kappa shape index (κ2) is 8.50. The SMILES string of the molecule is C/C(=N/NC(=O)c1cc(Cl)ccc1Cl)c1cccc(OCC(=O)O)c1. The minimum Gasteiger partial charge on any atom is -0.482 e. The standard InChI is InChI=1S/C17H14Cl2N2O4/c1-10(11-3-2-4-13(7-11)25-9-16(22)23)20-21-17(24)14-8-12(18)5-6-15(14)19/h2-8H,9H2,1H3,(H,21,24)(H,22,23)/b20-10-. The summed E-state index contributed by atoms with van der Waals surface area (Å²) >= 11 is 11.8. The lowest BCUT2D eigenvalue weighted by molar-refractivity contribution is -0.139. The fraction of sp³-hybridized carbons (Fsp3) is 0.118. The van der Waals surface area contributed by atoms with E-state index < -0.39 is 18.5 Å². The largest absolute Gasteiger partial charge is 0.482 e. The highest BCUT2D eigenvalue weighted by Gasteiger charge is 2.11. The quantitative estimate of drug-likeness (QED) is 0.591. The van der Waals surface area contributed by atoms with Crippen LogP contribution in [0, 0.1) is 0 Å². The van der Waals surface area contributed by atoms with Crippen molar-refractivity contribution in [1.82, 2.24) is 5.43 Å². The van der Waals surface area contributed by atoms with Gasteiger partial charge < -0.3 is 9.84 Å². The number of nitrogens with one attached hydrogen (secondary N) is 1. The van der Waals surface area contributed by atoms with E-state index in [4.69, 9.17) is 33.0 Å². The molecule has 0 aliphatic heterocycles. The van der Waals surface area contributed by atoms with Crippen molar-refractivity contribution in [3.05, 3.63) is 63.6 Å². The van der Waals surface area contributed by atoms with Gasteiger partial charge in [-0.3, -0.25) is 4.79 Å². The number of carboxylic acid groups (broad SMARTS) is 1. The van der Waals surface area contributed by atoms with Crippen LogP contribution >= 0.6 is 23.2 Å². The molecule has 0 radical (unpaired) electrons. The number of aliphatic carboxylic acids is 1. The van der Waals surface area contributed by atoms with Crippen LogP contribution in [0.25, 0.3) is 0 Å². The molecule has 0 saturated carbocycles. The molecule has 0 fully saturated rings. The van der Waals surface area contributed by atoms with Crippen molar-refractivity contribution in [2.24, 2.45) is 5.10 Å². The summed E-state index contributed by atoms with van der Waals surface area (Å²) in [7, 11) is 0. The van der Waals surface area contributed by atoms with Gasteiger partial charge >= 0.3 is 5.97 Å². The number of rotatable bonds is 6. The van der Waals surface area contributed by atoms with E-state index in [0.717, 1.165) is 0 Å². The third-order valence-electron chi connectivity index (χ3n) is 3.11. The maximum atomic E-state index is 12.1. The molecule has 130 valence electrons. The topological polar surface area (TPSA) is 88.0 Å². The molecule has 0 heterocycles. The molecule has 0 bridgehead atoms. The van der Waals surface area contributed by atoms with E-state index in [1.165, 1.54) is 12.1 Å². The highest BCUT2D eigenvalue weighted by molar-refractivity contribution is 6.35. The summed E-state index contributed by atoms with van der Waals surface area (Å²) in [5.41, 5.74) is 3.79. The van der Waals surface area contributed by atoms with Gasteiger partial charge in [-0.15, -0.1) is 0 Å². The second-order valence-corrected chi connectivity index (χ2v) is 5.82. The van der Waals surface area contributed by atoms with Crippen molar-refractivity contribution in [2.75, 3.05) is 6.61 Å². The van der Waals surface area contributed by atoms with Gasteiger partial charge in [0.1, 0.15) is 5.75 Å². The molecule has 0 saturated heterocycles. The number of amides is 1. The molecule has 0 aliphatic carbocycles. The van der Waals surface area contributed by atoms with Gasteiger partial charge in [0.15, 0.2) is 6.61 Å². The highest BCUT2D eigenvalue weighted by atomic mass is 35.5. The molecular formula is C17H14Cl2N2O4. The van der Waals surface area contributed by atoms with Crippen LogP contribution < -0.4 is 10.2 Å². The minimum absolute atomic E-state index is 0.212. The predicted molar refractivity (Wildman–Crippen MR) is 95.7 cm³/mol. The van der Waals surface area contributed by atoms with E-state index >= 15 is 0 Å². The Balaban J connectivity index is 2.10. The molecular weight excluding hydrogens is 367 g/mol. The third-order valence-corrected chi connectivity index (χ3v) is 3.68. The number of halogens is 2. The Morgan fingerprint density at radius 1 is 1.20 bits per heavy atom. The van der Waals surface area contributed by atoms with Crippen LogP contribution in [0.3, 0.4) is 0 Å². The Bertz CT molecular complexity index is 837. The number of hydrogen-bond acceptors (Lipinski definition) is 4. The third kappa shape index (κ3) is 5.48. The molecule has 2 N–H and O–H groups in total. The summed E-state index contributed by atoms with van der Waals surface area (Å²) in [6.45, 7) is 1.25.